The Morgan fingerprint density at radius 2 is 2.24 bits per heavy atom. The minimum absolute atomic E-state index is 0.0707. The van der Waals surface area contributed by atoms with Crippen LogP contribution in [0.4, 0.5) is 17.3 Å². The average Bonchev–Trinajstić information content (AvgIpc) is 2.98. The number of furan rings is 1. The van der Waals surface area contributed by atoms with E-state index in [9.17, 15) is 10.1 Å². The van der Waals surface area contributed by atoms with Gasteiger partial charge in [0.25, 0.3) is 5.69 Å². The van der Waals surface area contributed by atoms with E-state index in [-0.39, 0.29) is 17.5 Å². The molecule has 2 heterocycles. The molecule has 0 radical (unpaired) electrons. The summed E-state index contributed by atoms with van der Waals surface area (Å²) in [7, 11) is 0. The third-order valence-electron chi connectivity index (χ3n) is 2.97. The fourth-order valence-corrected chi connectivity index (χ4v) is 1.91. The lowest BCUT2D eigenvalue weighted by molar-refractivity contribution is -0.384. The normalized spacial score (nSPS) is 11.9. The average molecular weight is 291 g/mol. The van der Waals surface area contributed by atoms with E-state index in [2.05, 4.69) is 15.7 Å². The highest BCUT2D eigenvalue weighted by Crippen LogP contribution is 2.21. The molecule has 0 amide bonds. The predicted molar refractivity (Wildman–Crippen MR) is 78.8 cm³/mol. The summed E-state index contributed by atoms with van der Waals surface area (Å²) in [5.74, 6) is 6.82. The quantitative estimate of drug-likeness (QED) is 0.406. The molecule has 8 nitrogen and oxygen atoms in total. The number of nitrogens with one attached hydrogen (secondary N) is 2. The van der Waals surface area contributed by atoms with Crippen LogP contribution in [0.1, 0.15) is 19.1 Å². The van der Waals surface area contributed by atoms with E-state index in [0.29, 0.717) is 5.82 Å². The van der Waals surface area contributed by atoms with E-state index < -0.39 is 4.92 Å². The van der Waals surface area contributed by atoms with Crippen molar-refractivity contribution in [3.63, 3.8) is 0 Å². The summed E-state index contributed by atoms with van der Waals surface area (Å²) in [5.41, 5.74) is 2.25. The number of nitro groups is 1. The van der Waals surface area contributed by atoms with Crippen LogP contribution in [-0.4, -0.2) is 15.9 Å². The molecule has 0 aliphatic heterocycles. The van der Waals surface area contributed by atoms with Crippen molar-refractivity contribution in [3.05, 3.63) is 46.4 Å². The van der Waals surface area contributed by atoms with Gasteiger partial charge in [0.2, 0.25) is 0 Å². The largest absolute Gasteiger partial charge is 0.469 e. The number of pyridine rings is 1. The number of rotatable bonds is 7. The molecule has 8 heteroatoms. The van der Waals surface area contributed by atoms with E-state index in [4.69, 9.17) is 10.3 Å². The Bertz CT molecular complexity index is 600. The third kappa shape index (κ3) is 4.18. The van der Waals surface area contributed by atoms with Crippen LogP contribution in [0.25, 0.3) is 0 Å². The third-order valence-corrected chi connectivity index (χ3v) is 2.97. The van der Waals surface area contributed by atoms with E-state index in [1.165, 1.54) is 12.1 Å². The van der Waals surface area contributed by atoms with Crippen molar-refractivity contribution in [1.29, 1.82) is 0 Å². The second-order valence-corrected chi connectivity index (χ2v) is 4.66. The molecule has 112 valence electrons. The number of nitrogens with two attached hydrogens (primary N) is 1. The van der Waals surface area contributed by atoms with Crippen molar-refractivity contribution in [2.75, 3.05) is 10.7 Å². The predicted octanol–water partition coefficient (Wildman–Crippen LogP) is 2.30. The molecule has 21 heavy (non-hydrogen) atoms. The topological polar surface area (TPSA) is 119 Å². The molecule has 4 N–H and O–H groups in total. The highest BCUT2D eigenvalue weighted by atomic mass is 16.6. The number of hydrogen-bond acceptors (Lipinski definition) is 7. The zero-order chi connectivity index (χ0) is 15.2. The van der Waals surface area contributed by atoms with Crippen molar-refractivity contribution < 1.29 is 9.34 Å². The molecule has 2 aromatic rings. The molecule has 1 unspecified atom stereocenters. The van der Waals surface area contributed by atoms with Gasteiger partial charge in [-0.15, -0.1) is 0 Å². The minimum Gasteiger partial charge on any atom is -0.469 e. The van der Waals surface area contributed by atoms with Gasteiger partial charge in [0.1, 0.15) is 17.4 Å². The zero-order valence-corrected chi connectivity index (χ0v) is 11.6. The van der Waals surface area contributed by atoms with Crippen LogP contribution in [0.5, 0.6) is 0 Å². The molecule has 0 bridgehead atoms. The van der Waals surface area contributed by atoms with Crippen molar-refractivity contribution in [1.82, 2.24) is 4.98 Å². The van der Waals surface area contributed by atoms with Crippen molar-refractivity contribution in [2.24, 2.45) is 5.84 Å². The van der Waals surface area contributed by atoms with E-state index in [0.717, 1.165) is 18.6 Å². The van der Waals surface area contributed by atoms with Gasteiger partial charge >= 0.3 is 0 Å². The number of hydrazine groups is 1. The van der Waals surface area contributed by atoms with E-state index in [1.807, 2.05) is 19.1 Å². The molecule has 0 spiro atoms. The summed E-state index contributed by atoms with van der Waals surface area (Å²) in [4.78, 5) is 14.5. The first-order chi connectivity index (χ1) is 10.1. The second-order valence-electron chi connectivity index (χ2n) is 4.66. The lowest BCUT2D eigenvalue weighted by Crippen LogP contribution is -2.18. The Kier molecular flexibility index (Phi) is 4.72. The first-order valence-electron chi connectivity index (χ1n) is 6.50. The lowest BCUT2D eigenvalue weighted by Gasteiger charge is -2.14. The van der Waals surface area contributed by atoms with Crippen LogP contribution in [0.3, 0.4) is 0 Å². The summed E-state index contributed by atoms with van der Waals surface area (Å²) in [5, 5.41) is 14.0. The molecular weight excluding hydrogens is 274 g/mol. The number of aromatic nitrogens is 1. The van der Waals surface area contributed by atoms with Gasteiger partial charge in [-0.05, 0) is 25.5 Å². The van der Waals surface area contributed by atoms with Crippen LogP contribution in [0, 0.1) is 10.1 Å². The maximum Gasteiger partial charge on any atom is 0.276 e. The van der Waals surface area contributed by atoms with Gasteiger partial charge in [0.05, 0.1) is 23.3 Å². The number of aryl methyl sites for hydroxylation is 1. The van der Waals surface area contributed by atoms with Crippen LogP contribution in [0.2, 0.25) is 0 Å². The number of anilines is 2. The molecule has 0 saturated carbocycles. The van der Waals surface area contributed by atoms with Crippen LogP contribution >= 0.6 is 0 Å². The smallest absolute Gasteiger partial charge is 0.276 e. The monoisotopic (exact) mass is 291 g/mol. The molecule has 0 fully saturated rings. The van der Waals surface area contributed by atoms with Crippen molar-refractivity contribution in [2.45, 2.75) is 25.8 Å². The van der Waals surface area contributed by atoms with Crippen molar-refractivity contribution in [3.8, 4) is 0 Å². The molecule has 1 atom stereocenters. The van der Waals surface area contributed by atoms with Gasteiger partial charge in [-0.25, -0.2) is 10.8 Å². The Morgan fingerprint density at radius 3 is 2.86 bits per heavy atom. The van der Waals surface area contributed by atoms with Gasteiger partial charge in [-0.1, -0.05) is 0 Å². The SMILES string of the molecule is CC(CCc1ccco1)Nc1cc([N+](=O)[O-])cc(NN)n1. The van der Waals surface area contributed by atoms with Gasteiger partial charge in [0, 0.05) is 12.5 Å². The highest BCUT2D eigenvalue weighted by Gasteiger charge is 2.12. The van der Waals surface area contributed by atoms with Crippen molar-refractivity contribution >= 4 is 17.3 Å². The van der Waals surface area contributed by atoms with Gasteiger partial charge < -0.3 is 15.2 Å². The number of nitrogens with zero attached hydrogens (tertiary/aromatic N) is 2. The maximum atomic E-state index is 10.9. The number of hydrogen-bond donors (Lipinski definition) is 3. The Morgan fingerprint density at radius 1 is 1.48 bits per heavy atom. The molecule has 0 saturated heterocycles. The summed E-state index contributed by atoms with van der Waals surface area (Å²) < 4.78 is 5.26. The second kappa shape index (κ2) is 6.71. The minimum atomic E-state index is -0.485. The van der Waals surface area contributed by atoms with Gasteiger partial charge in [-0.3, -0.25) is 10.1 Å². The molecule has 0 aliphatic carbocycles. The summed E-state index contributed by atoms with van der Waals surface area (Å²) in [6, 6.07) is 6.49. The van der Waals surface area contributed by atoms with Gasteiger partial charge in [-0.2, -0.15) is 0 Å². The summed E-state index contributed by atoms with van der Waals surface area (Å²) in [6.45, 7) is 1.97. The molecular formula is C13H17N5O3. The zero-order valence-electron chi connectivity index (χ0n) is 11.6. The van der Waals surface area contributed by atoms with E-state index in [1.54, 1.807) is 6.26 Å². The summed E-state index contributed by atoms with van der Waals surface area (Å²) >= 11 is 0. The standard InChI is InChI=1S/C13H17N5O3/c1-9(4-5-11-3-2-6-21-11)15-12-7-10(18(19)20)8-13(16-12)17-14/h2-3,6-9H,4-5,14H2,1H3,(H2,15,16,17). The molecule has 2 aromatic heterocycles. The number of nitrogen functional groups attached to an aromatic ring is 1. The fourth-order valence-electron chi connectivity index (χ4n) is 1.91. The Labute approximate surface area is 121 Å². The Hall–Kier alpha value is -2.61. The fraction of sp³-hybridized carbons (Fsp3) is 0.308. The van der Waals surface area contributed by atoms with Crippen LogP contribution in [-0.2, 0) is 6.42 Å². The summed E-state index contributed by atoms with van der Waals surface area (Å²) in [6.07, 6.45) is 3.22. The Balaban J connectivity index is 2.00. The molecule has 0 aliphatic rings. The molecule has 2 rings (SSSR count). The van der Waals surface area contributed by atoms with E-state index >= 15 is 0 Å². The van der Waals surface area contributed by atoms with Gasteiger partial charge in [0.15, 0.2) is 0 Å². The first kappa shape index (κ1) is 14.8. The first-order valence-corrected chi connectivity index (χ1v) is 6.50. The lowest BCUT2D eigenvalue weighted by atomic mass is 10.1. The van der Waals surface area contributed by atoms with Crippen LogP contribution < -0.4 is 16.6 Å². The highest BCUT2D eigenvalue weighted by molar-refractivity contribution is 5.54. The molecule has 0 aromatic carbocycles. The van der Waals surface area contributed by atoms with Crippen LogP contribution in [0.15, 0.2) is 34.9 Å². The maximum absolute atomic E-state index is 10.9.